The van der Waals surface area contributed by atoms with Crippen molar-refractivity contribution in [2.45, 2.75) is 32.2 Å². The molecule has 0 saturated carbocycles. The van der Waals surface area contributed by atoms with Gasteiger partial charge < -0.3 is 10.6 Å². The second kappa shape index (κ2) is 5.28. The first-order valence-corrected chi connectivity index (χ1v) is 6.46. The summed E-state index contributed by atoms with van der Waals surface area (Å²) in [6.07, 6.45) is 4.00. The van der Waals surface area contributed by atoms with Gasteiger partial charge in [0.1, 0.15) is 0 Å². The van der Waals surface area contributed by atoms with Crippen LogP contribution in [0, 0.1) is 5.92 Å². The highest BCUT2D eigenvalue weighted by molar-refractivity contribution is 4.87. The van der Waals surface area contributed by atoms with Crippen molar-refractivity contribution >= 4 is 0 Å². The maximum absolute atomic E-state index is 5.59. The summed E-state index contributed by atoms with van der Waals surface area (Å²) in [7, 11) is 0. The van der Waals surface area contributed by atoms with Crippen LogP contribution in [-0.2, 0) is 0 Å². The van der Waals surface area contributed by atoms with E-state index in [0.29, 0.717) is 0 Å². The fraction of sp³-hybridized carbons (Fsp3) is 1.00. The highest BCUT2D eigenvalue weighted by atomic mass is 15.3. The Morgan fingerprint density at radius 2 is 2.20 bits per heavy atom. The van der Waals surface area contributed by atoms with Crippen molar-refractivity contribution < 1.29 is 0 Å². The summed E-state index contributed by atoms with van der Waals surface area (Å²) in [5, 5.41) is 0. The Balaban J connectivity index is 1.75. The molecule has 2 aliphatic rings. The number of nitrogens with two attached hydrogens (primary N) is 1. The average Bonchev–Trinajstić information content (AvgIpc) is 2.65. The molecule has 88 valence electrons. The van der Waals surface area contributed by atoms with Gasteiger partial charge in [-0.05, 0) is 38.3 Å². The van der Waals surface area contributed by atoms with Gasteiger partial charge in [-0.15, -0.1) is 0 Å². The fourth-order valence-electron chi connectivity index (χ4n) is 3.04. The Kier molecular flexibility index (Phi) is 4.00. The number of hydrogen-bond donors (Lipinski definition) is 1. The summed E-state index contributed by atoms with van der Waals surface area (Å²) < 4.78 is 0. The molecule has 2 N–H and O–H groups in total. The van der Waals surface area contributed by atoms with Gasteiger partial charge in [-0.25, -0.2) is 0 Å². The molecule has 2 atom stereocenters. The van der Waals surface area contributed by atoms with Crippen LogP contribution < -0.4 is 5.73 Å². The standard InChI is InChI=1S/C12H25N3/c1-11(4-5-13)9-14-7-8-15-6-2-3-12(15)10-14/h11-12H,2-10,13H2,1H3. The molecule has 2 rings (SSSR count). The van der Waals surface area contributed by atoms with Gasteiger partial charge in [0.25, 0.3) is 0 Å². The Morgan fingerprint density at radius 1 is 1.33 bits per heavy atom. The Labute approximate surface area is 93.6 Å². The predicted octanol–water partition coefficient (Wildman–Crippen LogP) is 0.751. The van der Waals surface area contributed by atoms with Gasteiger partial charge in [-0.3, -0.25) is 4.90 Å². The van der Waals surface area contributed by atoms with Gasteiger partial charge in [-0.1, -0.05) is 6.92 Å². The summed E-state index contributed by atoms with van der Waals surface area (Å²) in [4.78, 5) is 5.32. The molecule has 0 aromatic rings. The highest BCUT2D eigenvalue weighted by Crippen LogP contribution is 2.22. The molecule has 2 unspecified atom stereocenters. The quantitative estimate of drug-likeness (QED) is 0.745. The lowest BCUT2D eigenvalue weighted by Gasteiger charge is -2.38. The van der Waals surface area contributed by atoms with Crippen LogP contribution in [0.2, 0.25) is 0 Å². The van der Waals surface area contributed by atoms with Crippen LogP contribution in [0.4, 0.5) is 0 Å². The summed E-state index contributed by atoms with van der Waals surface area (Å²) in [6.45, 7) is 9.62. The third-order valence-electron chi connectivity index (χ3n) is 3.90. The van der Waals surface area contributed by atoms with E-state index in [1.807, 2.05) is 0 Å². The molecule has 2 saturated heterocycles. The molecule has 3 nitrogen and oxygen atoms in total. The first kappa shape index (κ1) is 11.4. The zero-order valence-electron chi connectivity index (χ0n) is 9.99. The van der Waals surface area contributed by atoms with Gasteiger partial charge in [-0.2, -0.15) is 0 Å². The molecule has 0 radical (unpaired) electrons. The topological polar surface area (TPSA) is 32.5 Å². The number of rotatable bonds is 4. The van der Waals surface area contributed by atoms with E-state index in [9.17, 15) is 0 Å². The average molecular weight is 211 g/mol. The molecule has 2 fully saturated rings. The van der Waals surface area contributed by atoms with E-state index in [0.717, 1.165) is 18.5 Å². The number of fused-ring (bicyclic) bond motifs is 1. The third-order valence-corrected chi connectivity index (χ3v) is 3.90. The van der Waals surface area contributed by atoms with Gasteiger partial charge in [0, 0.05) is 32.2 Å². The van der Waals surface area contributed by atoms with Crippen LogP contribution in [0.5, 0.6) is 0 Å². The van der Waals surface area contributed by atoms with Crippen molar-refractivity contribution in [3.63, 3.8) is 0 Å². The second-order valence-corrected chi connectivity index (χ2v) is 5.27. The Morgan fingerprint density at radius 3 is 3.00 bits per heavy atom. The van der Waals surface area contributed by atoms with Crippen molar-refractivity contribution in [1.82, 2.24) is 9.80 Å². The molecule has 15 heavy (non-hydrogen) atoms. The van der Waals surface area contributed by atoms with E-state index in [4.69, 9.17) is 5.73 Å². The van der Waals surface area contributed by atoms with E-state index in [1.54, 1.807) is 0 Å². The van der Waals surface area contributed by atoms with Gasteiger partial charge in [0.2, 0.25) is 0 Å². The first-order chi connectivity index (χ1) is 7.29. The van der Waals surface area contributed by atoms with Crippen molar-refractivity contribution in [1.29, 1.82) is 0 Å². The maximum atomic E-state index is 5.59. The van der Waals surface area contributed by atoms with Crippen LogP contribution in [0.3, 0.4) is 0 Å². The molecule has 0 spiro atoms. The summed E-state index contributed by atoms with van der Waals surface area (Å²) in [5.74, 6) is 0.767. The van der Waals surface area contributed by atoms with Crippen molar-refractivity contribution in [2.24, 2.45) is 11.7 Å². The molecule has 2 aliphatic heterocycles. The minimum atomic E-state index is 0.767. The molecule has 0 aromatic heterocycles. The molecular formula is C12H25N3. The monoisotopic (exact) mass is 211 g/mol. The Hall–Kier alpha value is -0.120. The maximum Gasteiger partial charge on any atom is 0.0224 e. The van der Waals surface area contributed by atoms with Gasteiger partial charge in [0.05, 0.1) is 0 Å². The summed E-state index contributed by atoms with van der Waals surface area (Å²) in [5.41, 5.74) is 5.59. The number of piperazine rings is 1. The lowest BCUT2D eigenvalue weighted by Crippen LogP contribution is -2.51. The zero-order chi connectivity index (χ0) is 10.7. The SMILES string of the molecule is CC(CCN)CN1CCN2CCCC2C1. The van der Waals surface area contributed by atoms with Gasteiger partial charge in [0.15, 0.2) is 0 Å². The van der Waals surface area contributed by atoms with E-state index in [1.165, 1.54) is 52.0 Å². The molecule has 0 aliphatic carbocycles. The largest absolute Gasteiger partial charge is 0.330 e. The minimum Gasteiger partial charge on any atom is -0.330 e. The highest BCUT2D eigenvalue weighted by Gasteiger charge is 2.30. The zero-order valence-corrected chi connectivity index (χ0v) is 9.99. The summed E-state index contributed by atoms with van der Waals surface area (Å²) in [6, 6.07) is 0.865. The van der Waals surface area contributed by atoms with Crippen molar-refractivity contribution in [3.05, 3.63) is 0 Å². The van der Waals surface area contributed by atoms with Crippen LogP contribution >= 0.6 is 0 Å². The van der Waals surface area contributed by atoms with Crippen molar-refractivity contribution in [3.8, 4) is 0 Å². The van der Waals surface area contributed by atoms with E-state index < -0.39 is 0 Å². The molecule has 0 bridgehead atoms. The van der Waals surface area contributed by atoms with Crippen LogP contribution in [-0.4, -0.2) is 55.1 Å². The fourth-order valence-corrected chi connectivity index (χ4v) is 3.04. The Bertz CT molecular complexity index is 195. The van der Waals surface area contributed by atoms with Crippen LogP contribution in [0.1, 0.15) is 26.2 Å². The smallest absolute Gasteiger partial charge is 0.0224 e. The number of hydrogen-bond acceptors (Lipinski definition) is 3. The molecule has 0 amide bonds. The van der Waals surface area contributed by atoms with Crippen LogP contribution in [0.15, 0.2) is 0 Å². The lowest BCUT2D eigenvalue weighted by atomic mass is 10.1. The molecule has 2 heterocycles. The lowest BCUT2D eigenvalue weighted by molar-refractivity contribution is 0.0930. The van der Waals surface area contributed by atoms with Crippen LogP contribution in [0.25, 0.3) is 0 Å². The second-order valence-electron chi connectivity index (χ2n) is 5.27. The first-order valence-electron chi connectivity index (χ1n) is 6.46. The van der Waals surface area contributed by atoms with E-state index in [2.05, 4.69) is 16.7 Å². The summed E-state index contributed by atoms with van der Waals surface area (Å²) >= 11 is 0. The molecular weight excluding hydrogens is 186 g/mol. The van der Waals surface area contributed by atoms with Crippen molar-refractivity contribution in [2.75, 3.05) is 39.3 Å². The van der Waals surface area contributed by atoms with Gasteiger partial charge >= 0.3 is 0 Å². The minimum absolute atomic E-state index is 0.767. The number of nitrogens with zero attached hydrogens (tertiary/aromatic N) is 2. The predicted molar refractivity (Wildman–Crippen MR) is 63.9 cm³/mol. The van der Waals surface area contributed by atoms with E-state index in [-0.39, 0.29) is 0 Å². The molecule has 3 heteroatoms. The van der Waals surface area contributed by atoms with E-state index >= 15 is 0 Å². The third kappa shape index (κ3) is 2.92. The molecule has 0 aromatic carbocycles. The normalized spacial score (nSPS) is 30.4.